The second-order valence-corrected chi connectivity index (χ2v) is 10.9. The zero-order chi connectivity index (χ0) is 26.5. The van der Waals surface area contributed by atoms with E-state index in [-0.39, 0.29) is 12.2 Å². The number of hydroxylamine groups is 1. The van der Waals surface area contributed by atoms with Crippen molar-refractivity contribution >= 4 is 51.0 Å². The minimum atomic E-state index is -0.661. The minimum Gasteiger partial charge on any atom is -0.396 e. The van der Waals surface area contributed by atoms with Gasteiger partial charge in [-0.25, -0.2) is 25.4 Å². The van der Waals surface area contributed by atoms with Gasteiger partial charge in [0.15, 0.2) is 11.6 Å². The van der Waals surface area contributed by atoms with E-state index in [1.54, 1.807) is 28.6 Å². The lowest BCUT2D eigenvalue weighted by Crippen LogP contribution is -2.36. The number of nitrogens with one attached hydrogen (secondary N) is 1. The SMILES string of the molecule is CN(Cc1cc2nc(-c3cccc(SCCO)c3)nc(N3CCOCC3)c2s1)c1ncc(C(=O)NO)cn1. The molecule has 0 spiro atoms. The lowest BCUT2D eigenvalue weighted by atomic mass is 10.2. The predicted octanol–water partition coefficient (Wildman–Crippen LogP) is 2.82. The van der Waals surface area contributed by atoms with Gasteiger partial charge in [0.05, 0.1) is 42.1 Å². The van der Waals surface area contributed by atoms with Crippen LogP contribution < -0.4 is 15.3 Å². The highest BCUT2D eigenvalue weighted by atomic mass is 32.2. The summed E-state index contributed by atoms with van der Waals surface area (Å²) in [4.78, 5) is 36.3. The molecule has 4 aromatic rings. The molecule has 1 amide bonds. The Morgan fingerprint density at radius 2 is 2.00 bits per heavy atom. The fourth-order valence-corrected chi connectivity index (χ4v) is 5.93. The maximum absolute atomic E-state index is 11.6. The molecule has 4 heterocycles. The number of carbonyl (C=O) groups is 1. The van der Waals surface area contributed by atoms with Crippen molar-refractivity contribution in [2.75, 3.05) is 55.5 Å². The monoisotopic (exact) mass is 553 g/mol. The van der Waals surface area contributed by atoms with Crippen molar-refractivity contribution in [1.29, 1.82) is 0 Å². The molecule has 0 unspecified atom stereocenters. The van der Waals surface area contributed by atoms with Crippen molar-refractivity contribution in [2.45, 2.75) is 11.4 Å². The zero-order valence-corrected chi connectivity index (χ0v) is 22.3. The van der Waals surface area contributed by atoms with Crippen molar-refractivity contribution in [3.8, 4) is 11.4 Å². The average Bonchev–Trinajstić information content (AvgIpc) is 3.38. The third kappa shape index (κ3) is 5.87. The molecule has 38 heavy (non-hydrogen) atoms. The number of fused-ring (bicyclic) bond motifs is 1. The molecule has 1 aromatic carbocycles. The molecular formula is C25H27N7O4S2. The van der Waals surface area contributed by atoms with Crippen molar-refractivity contribution in [2.24, 2.45) is 0 Å². The number of rotatable bonds is 9. The molecule has 3 aromatic heterocycles. The van der Waals surface area contributed by atoms with Crippen molar-refractivity contribution in [3.05, 3.63) is 53.2 Å². The van der Waals surface area contributed by atoms with Crippen LogP contribution in [0.1, 0.15) is 15.2 Å². The highest BCUT2D eigenvalue weighted by Crippen LogP contribution is 2.35. The van der Waals surface area contributed by atoms with Gasteiger partial charge in [0.2, 0.25) is 5.95 Å². The number of carbonyl (C=O) groups excluding carboxylic acids is 1. The van der Waals surface area contributed by atoms with E-state index in [1.165, 1.54) is 12.4 Å². The zero-order valence-electron chi connectivity index (χ0n) is 20.7. The maximum atomic E-state index is 11.6. The summed E-state index contributed by atoms with van der Waals surface area (Å²) in [5, 5.41) is 18.0. The molecule has 0 atom stereocenters. The van der Waals surface area contributed by atoms with Crippen LogP contribution in [-0.2, 0) is 11.3 Å². The van der Waals surface area contributed by atoms with Crippen LogP contribution in [0.2, 0.25) is 0 Å². The van der Waals surface area contributed by atoms with Crippen LogP contribution >= 0.6 is 23.1 Å². The Hall–Kier alpha value is -3.36. The van der Waals surface area contributed by atoms with Gasteiger partial charge in [-0.05, 0) is 18.2 Å². The molecule has 0 aliphatic carbocycles. The van der Waals surface area contributed by atoms with E-state index >= 15 is 0 Å². The van der Waals surface area contributed by atoms with Gasteiger partial charge in [0, 0.05) is 53.6 Å². The predicted molar refractivity (Wildman–Crippen MR) is 147 cm³/mol. The van der Waals surface area contributed by atoms with Gasteiger partial charge >= 0.3 is 0 Å². The third-order valence-electron chi connectivity index (χ3n) is 5.90. The normalized spacial score (nSPS) is 13.6. The summed E-state index contributed by atoms with van der Waals surface area (Å²) in [6.45, 7) is 3.47. The number of hydrogen-bond acceptors (Lipinski definition) is 12. The first-order valence-electron chi connectivity index (χ1n) is 12.0. The number of aliphatic hydroxyl groups excluding tert-OH is 1. The minimum absolute atomic E-state index is 0.123. The molecule has 0 bridgehead atoms. The molecule has 1 saturated heterocycles. The first-order chi connectivity index (χ1) is 18.6. The topological polar surface area (TPSA) is 137 Å². The third-order valence-corrected chi connectivity index (χ3v) is 7.98. The number of anilines is 2. The summed E-state index contributed by atoms with van der Waals surface area (Å²) < 4.78 is 6.59. The van der Waals surface area contributed by atoms with Crippen LogP contribution in [0.25, 0.3) is 21.6 Å². The second kappa shape index (κ2) is 12.0. The number of aliphatic hydroxyl groups is 1. The van der Waals surface area contributed by atoms with Crippen molar-refractivity contribution < 1.29 is 19.8 Å². The average molecular weight is 554 g/mol. The molecule has 11 nitrogen and oxygen atoms in total. The molecule has 1 aliphatic heterocycles. The van der Waals surface area contributed by atoms with E-state index in [9.17, 15) is 9.90 Å². The fourth-order valence-electron chi connectivity index (χ4n) is 4.05. The van der Waals surface area contributed by atoms with Crippen LogP contribution in [0.3, 0.4) is 0 Å². The van der Waals surface area contributed by atoms with E-state index in [4.69, 9.17) is 19.9 Å². The Kier molecular flexibility index (Phi) is 8.29. The first kappa shape index (κ1) is 26.3. The fraction of sp³-hybridized carbons (Fsp3) is 0.320. The quantitative estimate of drug-likeness (QED) is 0.160. The Labute approximate surface area is 227 Å². The van der Waals surface area contributed by atoms with Crippen LogP contribution in [0.5, 0.6) is 0 Å². The number of nitrogens with zero attached hydrogens (tertiary/aromatic N) is 6. The highest BCUT2D eigenvalue weighted by Gasteiger charge is 2.21. The number of thioether (sulfide) groups is 1. The smallest absolute Gasteiger partial charge is 0.277 e. The lowest BCUT2D eigenvalue weighted by molar-refractivity contribution is 0.0705. The maximum Gasteiger partial charge on any atom is 0.277 e. The summed E-state index contributed by atoms with van der Waals surface area (Å²) in [7, 11) is 1.88. The highest BCUT2D eigenvalue weighted by molar-refractivity contribution is 7.99. The van der Waals surface area contributed by atoms with Gasteiger partial charge in [-0.15, -0.1) is 23.1 Å². The lowest BCUT2D eigenvalue weighted by Gasteiger charge is -2.28. The summed E-state index contributed by atoms with van der Waals surface area (Å²) >= 11 is 3.23. The standard InChI is InChI=1S/C25H27N7O4S2/c1-31(25-26-13-17(14-27-25)24(34)30-35)15-19-12-20-21(38-19)23(32-5-8-36-9-6-32)29-22(28-20)16-3-2-4-18(11-16)37-10-7-33/h2-4,11-14,33,35H,5-10,15H2,1H3,(H,30,34). The molecule has 3 N–H and O–H groups in total. The number of amides is 1. The van der Waals surface area contributed by atoms with Gasteiger partial charge in [0.1, 0.15) is 0 Å². The summed E-state index contributed by atoms with van der Waals surface area (Å²) in [5.74, 6) is 1.98. The molecular weight excluding hydrogens is 526 g/mol. The molecule has 0 saturated carbocycles. The number of aromatic nitrogens is 4. The molecule has 198 valence electrons. The molecule has 5 rings (SSSR count). The van der Waals surface area contributed by atoms with E-state index in [2.05, 4.69) is 27.0 Å². The summed E-state index contributed by atoms with van der Waals surface area (Å²) in [6, 6.07) is 10.1. The van der Waals surface area contributed by atoms with Gasteiger partial charge in [-0.3, -0.25) is 10.0 Å². The van der Waals surface area contributed by atoms with E-state index in [0.717, 1.165) is 44.5 Å². The Balaban J connectivity index is 1.47. The van der Waals surface area contributed by atoms with Crippen LogP contribution in [0.15, 0.2) is 47.6 Å². The van der Waals surface area contributed by atoms with Gasteiger partial charge in [-0.1, -0.05) is 12.1 Å². The van der Waals surface area contributed by atoms with Gasteiger partial charge in [-0.2, -0.15) is 0 Å². The van der Waals surface area contributed by atoms with Gasteiger partial charge < -0.3 is 19.6 Å². The molecule has 1 fully saturated rings. The Morgan fingerprint density at radius 3 is 2.74 bits per heavy atom. The number of ether oxygens (including phenoxy) is 1. The molecule has 13 heteroatoms. The largest absolute Gasteiger partial charge is 0.396 e. The number of hydrogen-bond donors (Lipinski definition) is 3. The van der Waals surface area contributed by atoms with Crippen LogP contribution in [0.4, 0.5) is 11.8 Å². The summed E-state index contributed by atoms with van der Waals surface area (Å²) in [6.07, 6.45) is 2.74. The van der Waals surface area contributed by atoms with Crippen molar-refractivity contribution in [1.82, 2.24) is 25.4 Å². The number of benzene rings is 1. The van der Waals surface area contributed by atoms with Crippen LogP contribution in [0, 0.1) is 0 Å². The second-order valence-electron chi connectivity index (χ2n) is 8.57. The Morgan fingerprint density at radius 1 is 1.21 bits per heavy atom. The van der Waals surface area contributed by atoms with Crippen LogP contribution in [-0.4, -0.2) is 81.9 Å². The molecule has 0 radical (unpaired) electrons. The van der Waals surface area contributed by atoms with Crippen molar-refractivity contribution in [3.63, 3.8) is 0 Å². The summed E-state index contributed by atoms with van der Waals surface area (Å²) in [5.41, 5.74) is 3.54. The van der Waals surface area contributed by atoms with Gasteiger partial charge in [0.25, 0.3) is 5.91 Å². The number of morpholine rings is 1. The molecule has 1 aliphatic rings. The Bertz CT molecular complexity index is 1410. The first-order valence-corrected chi connectivity index (χ1v) is 13.8. The van der Waals surface area contributed by atoms with E-state index in [0.29, 0.717) is 37.3 Å². The number of thiophene rings is 1. The van der Waals surface area contributed by atoms with E-state index < -0.39 is 5.91 Å². The van der Waals surface area contributed by atoms with E-state index in [1.807, 2.05) is 30.1 Å².